The van der Waals surface area contributed by atoms with E-state index in [2.05, 4.69) is 21.4 Å². The van der Waals surface area contributed by atoms with E-state index in [1.54, 1.807) is 26.0 Å². The zero-order valence-corrected chi connectivity index (χ0v) is 22.0. The Kier molecular flexibility index (Phi) is 8.01. The van der Waals surface area contributed by atoms with Crippen LogP contribution in [0.2, 0.25) is 0 Å². The molecule has 196 valence electrons. The van der Waals surface area contributed by atoms with Crippen LogP contribution in [0.4, 0.5) is 4.39 Å². The topological polar surface area (TPSA) is 103 Å². The SMILES string of the molecule is CCCCOC(=O)C(C#N)(Cc1ccccc1)c1nnc(C)c2c(C)n(-c3ccc(OCC)cc3F)nc12. The maximum absolute atomic E-state index is 15.2. The molecule has 0 fully saturated rings. The van der Waals surface area contributed by atoms with Gasteiger partial charge in [0.05, 0.1) is 30.7 Å². The lowest BCUT2D eigenvalue weighted by Crippen LogP contribution is -2.40. The highest BCUT2D eigenvalue weighted by Gasteiger charge is 2.47. The number of benzene rings is 2. The number of unbranched alkanes of at least 4 members (excludes halogenated alkanes) is 1. The Morgan fingerprint density at radius 1 is 1.13 bits per heavy atom. The van der Waals surface area contributed by atoms with E-state index in [4.69, 9.17) is 9.47 Å². The van der Waals surface area contributed by atoms with Gasteiger partial charge < -0.3 is 9.47 Å². The van der Waals surface area contributed by atoms with Crippen molar-refractivity contribution in [2.45, 2.75) is 52.4 Å². The van der Waals surface area contributed by atoms with E-state index in [1.807, 2.05) is 44.2 Å². The van der Waals surface area contributed by atoms with Crippen molar-refractivity contribution in [2.75, 3.05) is 13.2 Å². The highest BCUT2D eigenvalue weighted by Crippen LogP contribution is 2.35. The van der Waals surface area contributed by atoms with Crippen LogP contribution in [0, 0.1) is 31.0 Å². The number of nitrogens with zero attached hydrogens (tertiary/aromatic N) is 5. The summed E-state index contributed by atoms with van der Waals surface area (Å²) in [5.74, 6) is -0.831. The van der Waals surface area contributed by atoms with Gasteiger partial charge in [-0.2, -0.15) is 20.6 Å². The Morgan fingerprint density at radius 3 is 2.55 bits per heavy atom. The number of aryl methyl sites for hydroxylation is 2. The van der Waals surface area contributed by atoms with Gasteiger partial charge >= 0.3 is 5.97 Å². The molecule has 1 atom stereocenters. The van der Waals surface area contributed by atoms with Crippen molar-refractivity contribution in [2.24, 2.45) is 0 Å². The Hall–Kier alpha value is -4.32. The van der Waals surface area contributed by atoms with E-state index in [9.17, 15) is 10.1 Å². The number of rotatable bonds is 10. The van der Waals surface area contributed by atoms with E-state index in [1.165, 1.54) is 10.7 Å². The van der Waals surface area contributed by atoms with Crippen molar-refractivity contribution in [1.82, 2.24) is 20.0 Å². The summed E-state index contributed by atoms with van der Waals surface area (Å²) in [6.07, 6.45) is 1.52. The molecule has 9 heteroatoms. The molecule has 0 bridgehead atoms. The lowest BCUT2D eigenvalue weighted by Gasteiger charge is -2.24. The first-order chi connectivity index (χ1) is 18.4. The molecule has 0 aliphatic rings. The minimum Gasteiger partial charge on any atom is -0.494 e. The molecule has 0 radical (unpaired) electrons. The number of carbonyl (C=O) groups excluding carboxylic acids is 1. The van der Waals surface area contributed by atoms with Crippen LogP contribution in [0.25, 0.3) is 16.6 Å². The molecule has 0 spiro atoms. The van der Waals surface area contributed by atoms with Gasteiger partial charge in [-0.3, -0.25) is 0 Å². The van der Waals surface area contributed by atoms with Crippen LogP contribution in [0.1, 0.15) is 49.3 Å². The summed E-state index contributed by atoms with van der Waals surface area (Å²) in [4.78, 5) is 13.6. The Bertz CT molecular complexity index is 1500. The van der Waals surface area contributed by atoms with Gasteiger partial charge in [0.2, 0.25) is 5.41 Å². The summed E-state index contributed by atoms with van der Waals surface area (Å²) in [5, 5.41) is 24.5. The fourth-order valence-electron chi connectivity index (χ4n) is 4.49. The number of fused-ring (bicyclic) bond motifs is 1. The summed E-state index contributed by atoms with van der Waals surface area (Å²) in [5.41, 5.74) is 0.672. The number of halogens is 1. The second kappa shape index (κ2) is 11.4. The molecule has 0 amide bonds. The maximum atomic E-state index is 15.2. The molecule has 0 aliphatic heterocycles. The Balaban J connectivity index is 1.93. The van der Waals surface area contributed by atoms with E-state index in [-0.39, 0.29) is 24.4 Å². The molecule has 2 heterocycles. The fourth-order valence-corrected chi connectivity index (χ4v) is 4.49. The molecule has 38 heavy (non-hydrogen) atoms. The molecule has 0 saturated carbocycles. The fraction of sp³-hybridized carbons (Fsp3) is 0.345. The molecule has 4 rings (SSSR count). The van der Waals surface area contributed by atoms with Crippen LogP contribution in [-0.4, -0.2) is 39.2 Å². The van der Waals surface area contributed by atoms with Crippen LogP contribution in [0.15, 0.2) is 48.5 Å². The molecule has 2 aromatic heterocycles. The van der Waals surface area contributed by atoms with Gasteiger partial charge in [-0.15, -0.1) is 0 Å². The van der Waals surface area contributed by atoms with Crippen molar-refractivity contribution < 1.29 is 18.7 Å². The number of esters is 1. The number of carbonyl (C=O) groups is 1. The number of hydrogen-bond acceptors (Lipinski definition) is 7. The number of aromatic nitrogens is 4. The van der Waals surface area contributed by atoms with Gasteiger partial charge in [-0.05, 0) is 44.9 Å². The lowest BCUT2D eigenvalue weighted by atomic mass is 9.79. The average molecular weight is 516 g/mol. The first kappa shape index (κ1) is 26.7. The smallest absolute Gasteiger partial charge is 0.333 e. The van der Waals surface area contributed by atoms with Crippen molar-refractivity contribution >= 4 is 16.9 Å². The highest BCUT2D eigenvalue weighted by atomic mass is 19.1. The van der Waals surface area contributed by atoms with Gasteiger partial charge in [-0.1, -0.05) is 43.7 Å². The largest absolute Gasteiger partial charge is 0.494 e. The second-order valence-electron chi connectivity index (χ2n) is 9.07. The second-order valence-corrected chi connectivity index (χ2v) is 9.07. The lowest BCUT2D eigenvalue weighted by molar-refractivity contribution is -0.148. The Morgan fingerprint density at radius 2 is 1.89 bits per heavy atom. The third-order valence-electron chi connectivity index (χ3n) is 6.45. The maximum Gasteiger partial charge on any atom is 0.333 e. The van der Waals surface area contributed by atoms with Crippen LogP contribution in [-0.2, 0) is 21.4 Å². The predicted octanol–water partition coefficient (Wildman–Crippen LogP) is 5.32. The molecular weight excluding hydrogens is 485 g/mol. The Labute approximate surface area is 221 Å². The summed E-state index contributed by atoms with van der Waals surface area (Å²) >= 11 is 0. The van der Waals surface area contributed by atoms with E-state index < -0.39 is 17.2 Å². The molecule has 8 nitrogen and oxygen atoms in total. The number of nitriles is 1. The van der Waals surface area contributed by atoms with Crippen molar-refractivity contribution in [3.63, 3.8) is 0 Å². The normalized spacial score (nSPS) is 12.6. The van der Waals surface area contributed by atoms with Gasteiger partial charge in [-0.25, -0.2) is 13.9 Å². The molecule has 4 aromatic rings. The molecule has 1 unspecified atom stereocenters. The van der Waals surface area contributed by atoms with Gasteiger partial charge in [0.25, 0.3) is 0 Å². The van der Waals surface area contributed by atoms with Crippen LogP contribution >= 0.6 is 0 Å². The van der Waals surface area contributed by atoms with E-state index >= 15 is 4.39 Å². The number of hydrogen-bond donors (Lipinski definition) is 0. The standard InChI is InChI=1S/C29H30FN5O3/c1-5-7-15-38-28(36)29(18-31,17-21-11-9-8-10-12-21)27-26-25(19(3)32-33-27)20(4)35(34-26)24-14-13-22(37-6-2)16-23(24)30/h8-14,16H,5-7,15,17H2,1-4H3. The molecule has 2 aromatic carbocycles. The quantitative estimate of drug-likeness (QED) is 0.208. The minimum atomic E-state index is -1.81. The van der Waals surface area contributed by atoms with Gasteiger partial charge in [0, 0.05) is 17.9 Å². The van der Waals surface area contributed by atoms with E-state index in [0.717, 1.165) is 12.0 Å². The minimum absolute atomic E-state index is 0.0193. The zero-order chi connectivity index (χ0) is 27.3. The highest BCUT2D eigenvalue weighted by molar-refractivity contribution is 5.95. The molecule has 0 aliphatic carbocycles. The first-order valence-electron chi connectivity index (χ1n) is 12.6. The van der Waals surface area contributed by atoms with E-state index in [0.29, 0.717) is 41.1 Å². The summed E-state index contributed by atoms with van der Waals surface area (Å²) in [6.45, 7) is 7.95. The summed E-state index contributed by atoms with van der Waals surface area (Å²) in [6, 6.07) is 16.0. The van der Waals surface area contributed by atoms with Crippen LogP contribution in [0.5, 0.6) is 5.75 Å². The van der Waals surface area contributed by atoms with Gasteiger partial charge in [0.1, 0.15) is 22.6 Å². The first-order valence-corrected chi connectivity index (χ1v) is 12.6. The molecular formula is C29H30FN5O3. The van der Waals surface area contributed by atoms with Crippen molar-refractivity contribution in [1.29, 1.82) is 5.26 Å². The van der Waals surface area contributed by atoms with Crippen LogP contribution in [0.3, 0.4) is 0 Å². The molecule has 0 saturated heterocycles. The predicted molar refractivity (Wildman–Crippen MR) is 141 cm³/mol. The average Bonchev–Trinajstić information content (AvgIpc) is 3.26. The summed E-state index contributed by atoms with van der Waals surface area (Å²) < 4.78 is 27.6. The monoisotopic (exact) mass is 515 g/mol. The third-order valence-corrected chi connectivity index (χ3v) is 6.45. The molecule has 0 N–H and O–H groups in total. The summed E-state index contributed by atoms with van der Waals surface area (Å²) in [7, 11) is 0. The number of ether oxygens (including phenoxy) is 2. The zero-order valence-electron chi connectivity index (χ0n) is 22.0. The van der Waals surface area contributed by atoms with Crippen LogP contribution < -0.4 is 4.74 Å². The van der Waals surface area contributed by atoms with Crippen molar-refractivity contribution in [3.05, 3.63) is 77.0 Å². The third kappa shape index (κ3) is 4.94. The van der Waals surface area contributed by atoms with Crippen molar-refractivity contribution in [3.8, 4) is 17.5 Å². The van der Waals surface area contributed by atoms with Gasteiger partial charge in [0.15, 0.2) is 5.82 Å².